The summed E-state index contributed by atoms with van der Waals surface area (Å²) in [4.78, 5) is 38.1. The van der Waals surface area contributed by atoms with Crippen LogP contribution in [0.1, 0.15) is 33.9 Å². The SMILES string of the molecule is CC(C)OC(=O)[C@H](C)NP(=O)(COc1ccccc1)O[C@@H]1[C@@H](CO)O[C@@H](n2ccc(=O)[nH]c2=O)[C@]1(C)F. The second-order valence-electron chi connectivity index (χ2n) is 9.00. The zero-order valence-electron chi connectivity index (χ0n) is 20.8. The van der Waals surface area contributed by atoms with Crippen LogP contribution in [0.25, 0.3) is 0 Å². The summed E-state index contributed by atoms with van der Waals surface area (Å²) in [6.07, 6.45) is -4.67. The first-order valence-corrected chi connectivity index (χ1v) is 13.4. The number of esters is 1. The van der Waals surface area contributed by atoms with E-state index in [0.717, 1.165) is 23.8 Å². The van der Waals surface area contributed by atoms with E-state index in [1.54, 1.807) is 44.2 Å². The fraction of sp³-hybridized carbons (Fsp3) is 0.522. The van der Waals surface area contributed by atoms with Crippen LogP contribution in [0.4, 0.5) is 4.39 Å². The molecule has 6 atom stereocenters. The van der Waals surface area contributed by atoms with Gasteiger partial charge in [-0.2, -0.15) is 0 Å². The van der Waals surface area contributed by atoms with E-state index in [-0.39, 0.29) is 0 Å². The van der Waals surface area contributed by atoms with Crippen molar-refractivity contribution in [2.75, 3.05) is 13.0 Å². The van der Waals surface area contributed by atoms with Crippen molar-refractivity contribution in [3.8, 4) is 5.75 Å². The number of aromatic nitrogens is 2. The molecule has 3 rings (SSSR count). The number of rotatable bonds is 11. The van der Waals surface area contributed by atoms with Gasteiger partial charge in [-0.15, -0.1) is 0 Å². The quantitative estimate of drug-likeness (QED) is 0.281. The second kappa shape index (κ2) is 11.7. The minimum absolute atomic E-state index is 0.340. The van der Waals surface area contributed by atoms with Crippen molar-refractivity contribution in [1.29, 1.82) is 0 Å². The first kappa shape index (κ1) is 28.7. The predicted octanol–water partition coefficient (Wildman–Crippen LogP) is 1.70. The highest BCUT2D eigenvalue weighted by molar-refractivity contribution is 7.56. The number of halogens is 1. The summed E-state index contributed by atoms with van der Waals surface area (Å²) in [7, 11) is -4.21. The Kier molecular flexibility index (Phi) is 9.09. The first-order valence-electron chi connectivity index (χ1n) is 11.6. The summed E-state index contributed by atoms with van der Waals surface area (Å²) in [5.74, 6) is -0.381. The maximum Gasteiger partial charge on any atom is 0.330 e. The smallest absolute Gasteiger partial charge is 0.330 e. The van der Waals surface area contributed by atoms with Gasteiger partial charge in [0.1, 0.15) is 24.0 Å². The summed E-state index contributed by atoms with van der Waals surface area (Å²) in [6.45, 7) is 5.00. The molecule has 0 spiro atoms. The minimum Gasteiger partial charge on any atom is -0.482 e. The van der Waals surface area contributed by atoms with Gasteiger partial charge >= 0.3 is 19.2 Å². The molecule has 1 aliphatic heterocycles. The molecule has 1 unspecified atom stereocenters. The number of ether oxygens (including phenoxy) is 3. The van der Waals surface area contributed by atoms with Crippen LogP contribution in [-0.2, 0) is 23.4 Å². The van der Waals surface area contributed by atoms with Crippen molar-refractivity contribution in [3.05, 3.63) is 63.4 Å². The molecule has 0 amide bonds. The largest absolute Gasteiger partial charge is 0.482 e. The third kappa shape index (κ3) is 6.93. The topological polar surface area (TPSA) is 158 Å². The number of aliphatic hydroxyl groups excluding tert-OH is 1. The maximum atomic E-state index is 16.2. The lowest BCUT2D eigenvalue weighted by molar-refractivity contribution is -0.149. The van der Waals surface area contributed by atoms with Gasteiger partial charge in [-0.25, -0.2) is 14.3 Å². The van der Waals surface area contributed by atoms with Crippen LogP contribution in [0.15, 0.2) is 52.2 Å². The molecule has 2 heterocycles. The van der Waals surface area contributed by atoms with Crippen molar-refractivity contribution in [2.24, 2.45) is 0 Å². The lowest BCUT2D eigenvalue weighted by Gasteiger charge is -2.32. The number of alkyl halides is 1. The van der Waals surface area contributed by atoms with Crippen molar-refractivity contribution >= 4 is 13.5 Å². The Balaban J connectivity index is 1.91. The summed E-state index contributed by atoms with van der Waals surface area (Å²) in [5, 5.41) is 12.5. The molecule has 37 heavy (non-hydrogen) atoms. The Hall–Kier alpha value is -2.83. The third-order valence-electron chi connectivity index (χ3n) is 5.49. The zero-order chi connectivity index (χ0) is 27.4. The zero-order valence-corrected chi connectivity index (χ0v) is 21.7. The molecule has 0 saturated carbocycles. The van der Waals surface area contributed by atoms with Crippen LogP contribution in [0.2, 0.25) is 0 Å². The monoisotopic (exact) mass is 543 g/mol. The molecule has 1 saturated heterocycles. The van der Waals surface area contributed by atoms with Crippen LogP contribution >= 0.6 is 7.52 Å². The van der Waals surface area contributed by atoms with E-state index >= 15 is 4.39 Å². The molecule has 14 heteroatoms. The number of H-pyrrole nitrogens is 1. The molecule has 1 aromatic heterocycles. The summed E-state index contributed by atoms with van der Waals surface area (Å²) in [5.41, 5.74) is -4.17. The van der Waals surface area contributed by atoms with Gasteiger partial charge in [0.15, 0.2) is 18.2 Å². The number of nitrogens with one attached hydrogen (secondary N) is 2. The molecule has 1 fully saturated rings. The number of hydrogen-bond acceptors (Lipinski definition) is 9. The van der Waals surface area contributed by atoms with Gasteiger partial charge in [0.05, 0.1) is 12.7 Å². The average Bonchev–Trinajstić information content (AvgIpc) is 3.07. The molecule has 0 aliphatic carbocycles. The number of carbonyl (C=O) groups excluding carboxylic acids is 1. The number of benzene rings is 1. The molecular weight excluding hydrogens is 512 g/mol. The second-order valence-corrected chi connectivity index (χ2v) is 11.1. The Morgan fingerprint density at radius 2 is 1.95 bits per heavy atom. The van der Waals surface area contributed by atoms with Crippen molar-refractivity contribution in [2.45, 2.75) is 63.9 Å². The van der Waals surface area contributed by atoms with Crippen LogP contribution in [0.5, 0.6) is 5.75 Å². The fourth-order valence-corrected chi connectivity index (χ4v) is 5.69. The van der Waals surface area contributed by atoms with E-state index < -0.39 is 73.9 Å². The molecule has 1 aromatic carbocycles. The first-order chi connectivity index (χ1) is 17.4. The Bertz CT molecular complexity index is 1230. The highest BCUT2D eigenvalue weighted by Gasteiger charge is 2.58. The molecule has 0 radical (unpaired) electrons. The van der Waals surface area contributed by atoms with E-state index in [2.05, 4.69) is 5.09 Å². The van der Waals surface area contributed by atoms with E-state index in [0.29, 0.717) is 5.75 Å². The van der Waals surface area contributed by atoms with Gasteiger partial charge in [0.25, 0.3) is 5.56 Å². The standard InChI is InChI=1S/C23H31FN3O9P/c1-14(2)34-20(30)15(3)26-37(32,13-33-16-8-6-5-7-9-16)36-19-17(12-28)35-21(23(19,4)24)27-11-10-18(29)25-22(27)31/h5-11,14-15,17,19,21,28H,12-13H2,1-4H3,(H,26,32)(H,25,29,31)/t15-,17+,19+,21+,23+,37?/m0/s1. The van der Waals surface area contributed by atoms with Gasteiger partial charge < -0.3 is 23.8 Å². The highest BCUT2D eigenvalue weighted by Crippen LogP contribution is 2.52. The van der Waals surface area contributed by atoms with E-state index in [1.165, 1.54) is 6.92 Å². The lowest BCUT2D eigenvalue weighted by atomic mass is 9.98. The van der Waals surface area contributed by atoms with Crippen molar-refractivity contribution in [3.63, 3.8) is 0 Å². The van der Waals surface area contributed by atoms with Crippen molar-refractivity contribution < 1.29 is 37.6 Å². The van der Waals surface area contributed by atoms with Gasteiger partial charge in [0.2, 0.25) is 0 Å². The van der Waals surface area contributed by atoms with Crippen molar-refractivity contribution in [1.82, 2.24) is 14.6 Å². The molecular formula is C23H31FN3O9P. The fourth-order valence-electron chi connectivity index (χ4n) is 3.77. The number of para-hydroxylation sites is 1. The normalized spacial score (nSPS) is 26.0. The number of hydrogen-bond donors (Lipinski definition) is 3. The molecule has 0 bridgehead atoms. The van der Waals surface area contributed by atoms with Gasteiger partial charge in [-0.1, -0.05) is 18.2 Å². The Morgan fingerprint density at radius 3 is 2.54 bits per heavy atom. The van der Waals surface area contributed by atoms with E-state index in [1.807, 2.05) is 4.98 Å². The molecule has 3 N–H and O–H groups in total. The summed E-state index contributed by atoms with van der Waals surface area (Å²) in [6, 6.07) is 8.21. The molecule has 1 aliphatic rings. The number of aliphatic hydroxyl groups is 1. The summed E-state index contributed by atoms with van der Waals surface area (Å²) < 4.78 is 53.0. The van der Waals surface area contributed by atoms with Gasteiger partial charge in [-0.05, 0) is 39.8 Å². The van der Waals surface area contributed by atoms with E-state index in [9.17, 15) is 24.1 Å². The lowest BCUT2D eigenvalue weighted by Crippen LogP contribution is -2.46. The maximum absolute atomic E-state index is 16.2. The van der Waals surface area contributed by atoms with Crippen LogP contribution in [-0.4, -0.2) is 63.6 Å². The highest BCUT2D eigenvalue weighted by atomic mass is 31.2. The third-order valence-corrected chi connectivity index (χ3v) is 7.31. The van der Waals surface area contributed by atoms with Gasteiger partial charge in [0, 0.05) is 12.3 Å². The molecule has 204 valence electrons. The average molecular weight is 543 g/mol. The molecule has 2 aromatic rings. The molecule has 12 nitrogen and oxygen atoms in total. The van der Waals surface area contributed by atoms with E-state index in [4.69, 9.17) is 18.7 Å². The van der Waals surface area contributed by atoms with Gasteiger partial charge in [-0.3, -0.25) is 23.7 Å². The number of aromatic amines is 1. The van der Waals surface area contributed by atoms with Crippen LogP contribution < -0.4 is 21.1 Å². The Morgan fingerprint density at radius 1 is 1.27 bits per heavy atom. The minimum atomic E-state index is -4.21. The number of carbonyl (C=O) groups is 1. The predicted molar refractivity (Wildman–Crippen MR) is 130 cm³/mol. The van der Waals surface area contributed by atoms with Crippen LogP contribution in [0.3, 0.4) is 0 Å². The Labute approximate surface area is 212 Å². The number of nitrogens with zero attached hydrogens (tertiary/aromatic N) is 1. The summed E-state index contributed by atoms with van der Waals surface area (Å²) >= 11 is 0. The van der Waals surface area contributed by atoms with Crippen LogP contribution in [0, 0.1) is 0 Å².